The van der Waals surface area contributed by atoms with Crippen molar-refractivity contribution >= 4 is 6.16 Å². The summed E-state index contributed by atoms with van der Waals surface area (Å²) >= 11 is 0. The number of carbonyl (C=O) groups is 1. The molecule has 0 aromatic rings. The molecule has 4 nitrogen and oxygen atoms in total. The second-order valence-electron chi connectivity index (χ2n) is 0.250. The van der Waals surface area contributed by atoms with E-state index in [0.29, 0.717) is 0 Å². The molecule has 0 spiro atoms. The summed E-state index contributed by atoms with van der Waals surface area (Å²) in [6.45, 7) is 0. The fraction of sp³-hybridized carbons (Fsp3) is 0. The standard InChI is InChI=1S/CH2O3.Na.O.Ti/c2-1(3)4;;;/h(H2,2,3,4);;;/q;+1;-2;+4/p-2. The Morgan fingerprint density at radius 2 is 1.29 bits per heavy atom. The number of carbonyl (C=O) groups excluding carboxylic acids is 1. The molecule has 0 aliphatic carbocycles. The van der Waals surface area contributed by atoms with Crippen molar-refractivity contribution < 1.29 is 71.8 Å². The van der Waals surface area contributed by atoms with Gasteiger partial charge in [-0.15, -0.1) is 0 Å². The molecule has 0 saturated heterocycles. The predicted molar refractivity (Wildman–Crippen MR) is 6.08 cm³/mol. The first kappa shape index (κ1) is 24.6. The maximum Gasteiger partial charge on any atom is 4.00 e. The van der Waals surface area contributed by atoms with Gasteiger partial charge in [-0.25, -0.2) is 0 Å². The molecule has 0 fully saturated rings. The minimum atomic E-state index is -2.33. The quantitative estimate of drug-likeness (QED) is 0.320. The largest absolute Gasteiger partial charge is 4.00 e. The fourth-order valence-electron chi connectivity index (χ4n) is 0. The van der Waals surface area contributed by atoms with Gasteiger partial charge in [0.1, 0.15) is 0 Å². The van der Waals surface area contributed by atoms with Crippen molar-refractivity contribution in [3.63, 3.8) is 0 Å². The topological polar surface area (TPSA) is 91.7 Å². The van der Waals surface area contributed by atoms with Crippen LogP contribution in [0.2, 0.25) is 0 Å². The molecule has 6 heteroatoms. The van der Waals surface area contributed by atoms with Crippen LogP contribution in [0.1, 0.15) is 0 Å². The summed E-state index contributed by atoms with van der Waals surface area (Å²) in [5.74, 6) is 0. The molecule has 0 aromatic heterocycles. The first-order chi connectivity index (χ1) is 1.73. The molecule has 0 rings (SSSR count). The maximum absolute atomic E-state index is 8.33. The Labute approximate surface area is 77.4 Å². The molecule has 7 heavy (non-hydrogen) atoms. The zero-order valence-corrected chi connectivity index (χ0v) is 7.19. The molecule has 0 unspecified atom stereocenters. The Morgan fingerprint density at radius 1 is 1.29 bits per heavy atom. The van der Waals surface area contributed by atoms with Gasteiger partial charge in [0.15, 0.2) is 0 Å². The molecule has 0 bridgehead atoms. The Hall–Kier alpha value is 0.944. The molecule has 0 aliphatic heterocycles. The van der Waals surface area contributed by atoms with Crippen LogP contribution in [0, 0.1) is 0 Å². The van der Waals surface area contributed by atoms with E-state index in [-0.39, 0.29) is 56.8 Å². The summed E-state index contributed by atoms with van der Waals surface area (Å²) in [6, 6.07) is 0. The van der Waals surface area contributed by atoms with E-state index in [2.05, 4.69) is 0 Å². The SMILES string of the molecule is O=C([O-])[O-].[Na+].[O-2].[Ti+4]. The zero-order valence-electron chi connectivity index (χ0n) is 3.63. The van der Waals surface area contributed by atoms with E-state index in [1.807, 2.05) is 0 Å². The summed E-state index contributed by atoms with van der Waals surface area (Å²) in [6.07, 6.45) is -2.33. The molecule has 0 atom stereocenters. The van der Waals surface area contributed by atoms with Gasteiger partial charge in [-0.2, -0.15) is 0 Å². The van der Waals surface area contributed by atoms with Gasteiger partial charge in [0.05, 0.1) is 0 Å². The smallest absolute Gasteiger partial charge is 2.00 e. The minimum absolute atomic E-state index is 0. The van der Waals surface area contributed by atoms with Crippen molar-refractivity contribution in [1.29, 1.82) is 0 Å². The normalized spacial score (nSPS) is 3.43. The molecule has 0 saturated carbocycles. The van der Waals surface area contributed by atoms with Crippen LogP contribution < -0.4 is 39.8 Å². The second kappa shape index (κ2) is 15.8. The molecular weight excluding hydrogens is 147 g/mol. The van der Waals surface area contributed by atoms with Crippen molar-refractivity contribution in [3.05, 3.63) is 0 Å². The van der Waals surface area contributed by atoms with Crippen LogP contribution >= 0.6 is 0 Å². The van der Waals surface area contributed by atoms with E-state index in [1.165, 1.54) is 0 Å². The van der Waals surface area contributed by atoms with Gasteiger partial charge in [0, 0.05) is 0 Å². The van der Waals surface area contributed by atoms with Crippen LogP contribution in [0.15, 0.2) is 0 Å². The van der Waals surface area contributed by atoms with Crippen LogP contribution in [0.25, 0.3) is 0 Å². The average molecular weight is 147 g/mol. The molecular formula is CNaO4Ti+. The number of hydrogen-bond donors (Lipinski definition) is 0. The Bertz CT molecular complexity index is 34.7. The van der Waals surface area contributed by atoms with Crippen LogP contribution in [-0.4, -0.2) is 6.16 Å². The van der Waals surface area contributed by atoms with Gasteiger partial charge in [-0.1, -0.05) is 0 Å². The molecule has 32 valence electrons. The molecule has 0 amide bonds. The summed E-state index contributed by atoms with van der Waals surface area (Å²) in [4.78, 5) is 8.33. The Balaban J connectivity index is -0.0000000150. The summed E-state index contributed by atoms with van der Waals surface area (Å²) < 4.78 is 0. The van der Waals surface area contributed by atoms with E-state index in [9.17, 15) is 0 Å². The third-order valence-corrected chi connectivity index (χ3v) is 0. The Kier molecular flexibility index (Phi) is 55.5. The summed E-state index contributed by atoms with van der Waals surface area (Å²) in [5.41, 5.74) is 0. The molecule has 0 aromatic carbocycles. The van der Waals surface area contributed by atoms with E-state index in [1.54, 1.807) is 0 Å². The maximum atomic E-state index is 8.33. The van der Waals surface area contributed by atoms with Crippen molar-refractivity contribution in [2.75, 3.05) is 0 Å². The van der Waals surface area contributed by atoms with Gasteiger partial charge in [-0.3, -0.25) is 0 Å². The summed E-state index contributed by atoms with van der Waals surface area (Å²) in [7, 11) is 0. The number of hydrogen-bond acceptors (Lipinski definition) is 3. The van der Waals surface area contributed by atoms with Crippen LogP contribution in [0.5, 0.6) is 0 Å². The average Bonchev–Trinajstić information content (AvgIpc) is 0.811. The molecule has 0 radical (unpaired) electrons. The first-order valence-electron chi connectivity index (χ1n) is 0.612. The Morgan fingerprint density at radius 3 is 1.29 bits per heavy atom. The third-order valence-electron chi connectivity index (χ3n) is 0. The monoisotopic (exact) mass is 147 g/mol. The predicted octanol–water partition coefficient (Wildman–Crippen LogP) is -5.56. The molecule has 0 heterocycles. The van der Waals surface area contributed by atoms with Gasteiger partial charge in [0.2, 0.25) is 0 Å². The van der Waals surface area contributed by atoms with Gasteiger partial charge >= 0.3 is 51.3 Å². The molecule has 0 aliphatic rings. The first-order valence-corrected chi connectivity index (χ1v) is 0.612. The van der Waals surface area contributed by atoms with Crippen LogP contribution in [0.3, 0.4) is 0 Å². The van der Waals surface area contributed by atoms with Gasteiger partial charge < -0.3 is 20.5 Å². The minimum Gasteiger partial charge on any atom is -2.00 e. The van der Waals surface area contributed by atoms with E-state index in [0.717, 1.165) is 0 Å². The van der Waals surface area contributed by atoms with Crippen molar-refractivity contribution in [2.24, 2.45) is 0 Å². The van der Waals surface area contributed by atoms with Gasteiger partial charge in [0.25, 0.3) is 0 Å². The van der Waals surface area contributed by atoms with Crippen molar-refractivity contribution in [1.82, 2.24) is 0 Å². The van der Waals surface area contributed by atoms with E-state index in [4.69, 9.17) is 15.0 Å². The van der Waals surface area contributed by atoms with E-state index >= 15 is 0 Å². The number of carboxylic acid groups (broad SMARTS) is 2. The number of rotatable bonds is 0. The van der Waals surface area contributed by atoms with Crippen LogP contribution in [0.4, 0.5) is 4.79 Å². The van der Waals surface area contributed by atoms with Gasteiger partial charge in [-0.05, 0) is 6.16 Å². The van der Waals surface area contributed by atoms with Crippen molar-refractivity contribution in [3.8, 4) is 0 Å². The fourth-order valence-corrected chi connectivity index (χ4v) is 0. The van der Waals surface area contributed by atoms with Crippen molar-refractivity contribution in [2.45, 2.75) is 0 Å². The van der Waals surface area contributed by atoms with Crippen LogP contribution in [-0.2, 0) is 27.2 Å². The third kappa shape index (κ3) is 190. The zero-order chi connectivity index (χ0) is 3.58. The molecule has 0 N–H and O–H groups in total. The van der Waals surface area contributed by atoms with E-state index < -0.39 is 6.16 Å². The second-order valence-corrected chi connectivity index (χ2v) is 0.250. The summed E-state index contributed by atoms with van der Waals surface area (Å²) in [5, 5.41) is 16.7.